The van der Waals surface area contributed by atoms with E-state index in [1.165, 1.54) is 0 Å². The summed E-state index contributed by atoms with van der Waals surface area (Å²) in [6.45, 7) is 2.28. The van der Waals surface area contributed by atoms with E-state index in [4.69, 9.17) is 0 Å². The number of hydrogen-bond donors (Lipinski definition) is 1. The average molecular weight is 316 g/mol. The molecule has 1 N–H and O–H groups in total. The number of carbonyl (C=O) groups is 1. The molecule has 1 aliphatic heterocycles. The van der Waals surface area contributed by atoms with Crippen molar-refractivity contribution in [2.75, 3.05) is 19.7 Å². The lowest BCUT2D eigenvalue weighted by atomic mass is 9.92. The monoisotopic (exact) mass is 316 g/mol. The van der Waals surface area contributed by atoms with Crippen LogP contribution in [0.5, 0.6) is 0 Å². The van der Waals surface area contributed by atoms with Gasteiger partial charge in [0, 0.05) is 70.1 Å². The molecule has 0 saturated carbocycles. The van der Waals surface area contributed by atoms with Gasteiger partial charge in [0.1, 0.15) is 0 Å². The molecule has 2 aromatic heterocycles. The van der Waals surface area contributed by atoms with Crippen LogP contribution < -0.4 is 0 Å². The fourth-order valence-electron chi connectivity index (χ4n) is 3.36. The van der Waals surface area contributed by atoms with Crippen LogP contribution in [0.15, 0.2) is 36.9 Å². The van der Waals surface area contributed by atoms with Crippen molar-refractivity contribution in [3.8, 4) is 0 Å². The van der Waals surface area contributed by atoms with E-state index >= 15 is 0 Å². The molecule has 0 unspecified atom stereocenters. The van der Waals surface area contributed by atoms with E-state index in [0.29, 0.717) is 19.5 Å². The Morgan fingerprint density at radius 2 is 2.13 bits per heavy atom. The van der Waals surface area contributed by atoms with Crippen LogP contribution in [-0.2, 0) is 18.4 Å². The zero-order valence-corrected chi connectivity index (χ0v) is 13.5. The van der Waals surface area contributed by atoms with Crippen LogP contribution in [0.3, 0.4) is 0 Å². The van der Waals surface area contributed by atoms with Gasteiger partial charge in [0.25, 0.3) is 0 Å². The number of likely N-dealkylation sites (tertiary alicyclic amines) is 1. The Bertz CT molecular complexity index is 635. The van der Waals surface area contributed by atoms with Crippen LogP contribution >= 0.6 is 0 Å². The van der Waals surface area contributed by atoms with E-state index < -0.39 is 0 Å². The predicted molar refractivity (Wildman–Crippen MR) is 86.8 cm³/mol. The van der Waals surface area contributed by atoms with Gasteiger partial charge in [-0.2, -0.15) is 5.10 Å². The predicted octanol–water partition coefficient (Wildman–Crippen LogP) is 1.24. The van der Waals surface area contributed by atoms with Crippen molar-refractivity contribution in [3.05, 3.63) is 42.5 Å². The summed E-state index contributed by atoms with van der Waals surface area (Å²) in [5.74, 6) is 0.469. The van der Waals surface area contributed by atoms with Crippen molar-refractivity contribution in [1.29, 1.82) is 0 Å². The molecule has 2 atom stereocenters. The second-order valence-corrected chi connectivity index (χ2v) is 6.32. The number of carbonyl (C=O) groups excluding carboxylic acids is 1. The molecule has 1 aliphatic rings. The van der Waals surface area contributed by atoms with E-state index in [1.807, 2.05) is 48.9 Å². The molecule has 6 heteroatoms. The average Bonchev–Trinajstić information content (AvgIpc) is 3.26. The highest BCUT2D eigenvalue weighted by Gasteiger charge is 2.36. The molecule has 0 aromatic carbocycles. The molecule has 23 heavy (non-hydrogen) atoms. The van der Waals surface area contributed by atoms with Crippen molar-refractivity contribution < 1.29 is 9.90 Å². The lowest BCUT2D eigenvalue weighted by molar-refractivity contribution is -0.130. The smallest absolute Gasteiger partial charge is 0.222 e. The summed E-state index contributed by atoms with van der Waals surface area (Å²) >= 11 is 0. The maximum atomic E-state index is 12.4. The first-order chi connectivity index (χ1) is 11.2. The fourth-order valence-corrected chi connectivity index (χ4v) is 3.36. The standard InChI is InChI=1S/C17H24N4O2/c1-19-10-14(9-18-19)16-12-21(11-15(16)13-22)17(23)5-4-8-20-6-2-3-7-20/h2-3,6-7,9-10,15-16,22H,4-5,8,11-13H2,1H3/t15-,16-/m0/s1. The van der Waals surface area contributed by atoms with Gasteiger partial charge in [-0.1, -0.05) is 0 Å². The van der Waals surface area contributed by atoms with Crippen LogP contribution in [0.4, 0.5) is 0 Å². The van der Waals surface area contributed by atoms with Gasteiger partial charge in [0.05, 0.1) is 6.20 Å². The van der Waals surface area contributed by atoms with Crippen LogP contribution in [0.2, 0.25) is 0 Å². The number of aromatic nitrogens is 3. The summed E-state index contributed by atoms with van der Waals surface area (Å²) < 4.78 is 3.86. The minimum absolute atomic E-state index is 0.104. The van der Waals surface area contributed by atoms with Crippen molar-refractivity contribution >= 4 is 5.91 Å². The SMILES string of the molecule is Cn1cc([C@@H]2CN(C(=O)CCCn3cccc3)C[C@H]2CO)cn1. The summed E-state index contributed by atoms with van der Waals surface area (Å²) in [4.78, 5) is 14.3. The molecule has 1 amide bonds. The number of aliphatic hydroxyl groups is 1. The Hall–Kier alpha value is -2.08. The lowest BCUT2D eigenvalue weighted by Crippen LogP contribution is -2.29. The second-order valence-electron chi connectivity index (χ2n) is 6.32. The van der Waals surface area contributed by atoms with E-state index in [9.17, 15) is 9.90 Å². The number of nitrogens with zero attached hydrogens (tertiary/aromatic N) is 4. The molecule has 0 radical (unpaired) electrons. The molecule has 3 rings (SSSR count). The molecule has 1 saturated heterocycles. The summed E-state index contributed by atoms with van der Waals surface area (Å²) in [6.07, 6.45) is 9.24. The van der Waals surface area contributed by atoms with Crippen LogP contribution in [0.1, 0.15) is 24.3 Å². The zero-order valence-electron chi connectivity index (χ0n) is 13.5. The molecular formula is C17H24N4O2. The minimum Gasteiger partial charge on any atom is -0.396 e. The van der Waals surface area contributed by atoms with Gasteiger partial charge in [-0.05, 0) is 24.1 Å². The van der Waals surface area contributed by atoms with E-state index in [-0.39, 0.29) is 24.3 Å². The van der Waals surface area contributed by atoms with E-state index in [2.05, 4.69) is 9.67 Å². The minimum atomic E-state index is 0.104. The summed E-state index contributed by atoms with van der Waals surface area (Å²) in [6, 6.07) is 3.99. The highest BCUT2D eigenvalue weighted by Crippen LogP contribution is 2.32. The van der Waals surface area contributed by atoms with Gasteiger partial charge >= 0.3 is 0 Å². The van der Waals surface area contributed by atoms with Crippen molar-refractivity contribution in [1.82, 2.24) is 19.2 Å². The van der Waals surface area contributed by atoms with Crippen LogP contribution in [0, 0.1) is 5.92 Å². The van der Waals surface area contributed by atoms with E-state index in [0.717, 1.165) is 18.5 Å². The number of amides is 1. The molecule has 1 fully saturated rings. The molecule has 0 spiro atoms. The summed E-state index contributed by atoms with van der Waals surface area (Å²) in [5, 5.41) is 13.8. The van der Waals surface area contributed by atoms with E-state index in [1.54, 1.807) is 4.68 Å². The molecular weight excluding hydrogens is 292 g/mol. The van der Waals surface area contributed by atoms with Gasteiger partial charge in [-0.15, -0.1) is 0 Å². The third-order valence-electron chi connectivity index (χ3n) is 4.65. The van der Waals surface area contributed by atoms with Crippen molar-refractivity contribution in [3.63, 3.8) is 0 Å². The molecule has 3 heterocycles. The highest BCUT2D eigenvalue weighted by molar-refractivity contribution is 5.76. The largest absolute Gasteiger partial charge is 0.396 e. The first-order valence-electron chi connectivity index (χ1n) is 8.15. The van der Waals surface area contributed by atoms with Gasteiger partial charge in [-0.25, -0.2) is 0 Å². The third-order valence-corrected chi connectivity index (χ3v) is 4.65. The maximum Gasteiger partial charge on any atom is 0.222 e. The van der Waals surface area contributed by atoms with Gasteiger partial charge in [-0.3, -0.25) is 9.48 Å². The Balaban J connectivity index is 1.54. The topological polar surface area (TPSA) is 63.3 Å². The third kappa shape index (κ3) is 3.64. The Kier molecular flexibility index (Phi) is 4.81. The highest BCUT2D eigenvalue weighted by atomic mass is 16.3. The fraction of sp³-hybridized carbons (Fsp3) is 0.529. The molecule has 124 valence electrons. The molecule has 2 aromatic rings. The maximum absolute atomic E-state index is 12.4. The van der Waals surface area contributed by atoms with Gasteiger partial charge in [0.2, 0.25) is 5.91 Å². The summed E-state index contributed by atoms with van der Waals surface area (Å²) in [5.41, 5.74) is 1.11. The molecule has 0 bridgehead atoms. The number of hydrogen-bond acceptors (Lipinski definition) is 3. The van der Waals surface area contributed by atoms with Crippen molar-refractivity contribution in [2.24, 2.45) is 13.0 Å². The number of rotatable bonds is 6. The summed E-state index contributed by atoms with van der Waals surface area (Å²) in [7, 11) is 1.89. The Morgan fingerprint density at radius 3 is 2.78 bits per heavy atom. The quantitative estimate of drug-likeness (QED) is 0.872. The number of aliphatic hydroxyl groups excluding tert-OH is 1. The number of aryl methyl sites for hydroxylation is 2. The first kappa shape index (κ1) is 15.8. The Labute approximate surface area is 136 Å². The van der Waals surface area contributed by atoms with Crippen LogP contribution in [0.25, 0.3) is 0 Å². The van der Waals surface area contributed by atoms with Gasteiger partial charge in [0.15, 0.2) is 0 Å². The van der Waals surface area contributed by atoms with Crippen molar-refractivity contribution in [2.45, 2.75) is 25.3 Å². The molecule has 0 aliphatic carbocycles. The lowest BCUT2D eigenvalue weighted by Gasteiger charge is -2.16. The van der Waals surface area contributed by atoms with Gasteiger partial charge < -0.3 is 14.6 Å². The normalized spacial score (nSPS) is 21.0. The van der Waals surface area contributed by atoms with Crippen LogP contribution in [-0.4, -0.2) is 50.0 Å². The Morgan fingerprint density at radius 1 is 1.35 bits per heavy atom. The zero-order chi connectivity index (χ0) is 16.2. The second kappa shape index (κ2) is 7.00. The molecule has 6 nitrogen and oxygen atoms in total. The first-order valence-corrected chi connectivity index (χ1v) is 8.15.